The lowest BCUT2D eigenvalue weighted by atomic mass is 9.99. The van der Waals surface area contributed by atoms with Crippen LogP contribution in [0.1, 0.15) is 67.9 Å². The van der Waals surface area contributed by atoms with Crippen molar-refractivity contribution >= 4 is 28.8 Å². The van der Waals surface area contributed by atoms with Crippen molar-refractivity contribution in [1.29, 1.82) is 0 Å². The van der Waals surface area contributed by atoms with E-state index in [4.69, 9.17) is 0 Å². The summed E-state index contributed by atoms with van der Waals surface area (Å²) in [4.78, 5) is 39.5. The number of amides is 2. The molecule has 0 aliphatic carbocycles. The summed E-state index contributed by atoms with van der Waals surface area (Å²) >= 11 is 1.51. The zero-order valence-electron chi connectivity index (χ0n) is 26.9. The van der Waals surface area contributed by atoms with E-state index in [9.17, 15) is 14.7 Å². The van der Waals surface area contributed by atoms with Gasteiger partial charge in [0, 0.05) is 74.5 Å². The van der Waals surface area contributed by atoms with Crippen molar-refractivity contribution in [3.63, 3.8) is 0 Å². The molecule has 2 heterocycles. The van der Waals surface area contributed by atoms with Gasteiger partial charge in [-0.2, -0.15) is 0 Å². The van der Waals surface area contributed by atoms with Gasteiger partial charge in [0.15, 0.2) is 0 Å². The van der Waals surface area contributed by atoms with Gasteiger partial charge < -0.3 is 25.5 Å². The van der Waals surface area contributed by atoms with Crippen molar-refractivity contribution in [2.24, 2.45) is 0 Å². The SMILES string of the molecule is Cc1csc(CN(C)C(=O)c2cc(C(=O)N[C@@H](Cc3ccccc3)[C@H](O)CNCc3cncc(C(C)C)c3)cc(N(C)C)c2)n1. The molecule has 2 aromatic heterocycles. The molecule has 4 aromatic rings. The third kappa shape index (κ3) is 9.68. The van der Waals surface area contributed by atoms with E-state index in [1.165, 1.54) is 11.3 Å². The van der Waals surface area contributed by atoms with Gasteiger partial charge in [0.05, 0.1) is 18.7 Å². The van der Waals surface area contributed by atoms with Crippen LogP contribution in [-0.4, -0.2) is 71.6 Å². The molecule has 4 rings (SSSR count). The summed E-state index contributed by atoms with van der Waals surface area (Å²) in [6.45, 7) is 7.37. The number of aromatic nitrogens is 2. The molecule has 45 heavy (non-hydrogen) atoms. The lowest BCUT2D eigenvalue weighted by Gasteiger charge is -2.25. The quantitative estimate of drug-likeness (QED) is 0.184. The lowest BCUT2D eigenvalue weighted by Crippen LogP contribution is -2.48. The van der Waals surface area contributed by atoms with Gasteiger partial charge in [0.2, 0.25) is 0 Å². The monoisotopic (exact) mass is 628 g/mol. The number of aliphatic hydroxyl groups excluding tert-OH is 1. The Bertz CT molecular complexity index is 1570. The number of hydrogen-bond donors (Lipinski definition) is 3. The Morgan fingerprint density at radius 3 is 2.38 bits per heavy atom. The second kappa shape index (κ2) is 15.7. The van der Waals surface area contributed by atoms with Crippen molar-refractivity contribution in [3.05, 3.63) is 111 Å². The van der Waals surface area contributed by atoms with Crippen LogP contribution in [-0.2, 0) is 19.5 Å². The van der Waals surface area contributed by atoms with E-state index in [1.54, 1.807) is 30.1 Å². The maximum atomic E-state index is 13.8. The lowest BCUT2D eigenvalue weighted by molar-refractivity contribution is 0.0784. The molecule has 3 N–H and O–H groups in total. The fraction of sp³-hybridized carbons (Fsp3) is 0.371. The number of nitrogens with one attached hydrogen (secondary N) is 2. The zero-order valence-corrected chi connectivity index (χ0v) is 27.8. The van der Waals surface area contributed by atoms with Crippen LogP contribution in [0, 0.1) is 6.92 Å². The highest BCUT2D eigenvalue weighted by Crippen LogP contribution is 2.21. The van der Waals surface area contributed by atoms with E-state index < -0.39 is 12.1 Å². The maximum Gasteiger partial charge on any atom is 0.254 e. The van der Waals surface area contributed by atoms with Crippen molar-refractivity contribution in [1.82, 2.24) is 25.5 Å². The van der Waals surface area contributed by atoms with Gasteiger partial charge in [-0.3, -0.25) is 14.6 Å². The first-order valence-electron chi connectivity index (χ1n) is 15.2. The number of carbonyl (C=O) groups excluding carboxylic acids is 2. The molecule has 2 amide bonds. The van der Waals surface area contributed by atoms with E-state index in [2.05, 4.69) is 40.5 Å². The maximum absolute atomic E-state index is 13.8. The molecule has 2 atom stereocenters. The molecule has 0 spiro atoms. The van der Waals surface area contributed by atoms with E-state index >= 15 is 0 Å². The van der Waals surface area contributed by atoms with Crippen molar-refractivity contribution in [2.45, 2.75) is 58.3 Å². The van der Waals surface area contributed by atoms with Crippen LogP contribution in [0.15, 0.2) is 72.4 Å². The number of anilines is 1. The average molecular weight is 629 g/mol. The summed E-state index contributed by atoms with van der Waals surface area (Å²) in [6.07, 6.45) is 3.26. The molecule has 9 nitrogen and oxygen atoms in total. The standard InChI is InChI=1S/C35H44N6O3S/c1-23(2)29-12-26(17-36-19-29)18-37-20-32(42)31(13-25-10-8-7-9-11-25)39-34(43)27-14-28(16-30(15-27)40(4)5)35(44)41(6)21-33-38-24(3)22-45-33/h7-12,14-17,19,22-23,31-32,37,42H,13,18,20-21H2,1-6H3,(H,39,43)/t31-,32+/m0/s1. The van der Waals surface area contributed by atoms with Gasteiger partial charge >= 0.3 is 0 Å². The third-order valence-corrected chi connectivity index (χ3v) is 8.53. The number of benzene rings is 2. The van der Waals surface area contributed by atoms with E-state index in [-0.39, 0.29) is 18.4 Å². The number of pyridine rings is 1. The van der Waals surface area contributed by atoms with Crippen LogP contribution >= 0.6 is 11.3 Å². The summed E-state index contributed by atoms with van der Waals surface area (Å²) in [7, 11) is 5.47. The van der Waals surface area contributed by atoms with E-state index in [0.717, 1.165) is 33.1 Å². The number of aryl methyl sites for hydroxylation is 1. The number of carbonyl (C=O) groups is 2. The number of hydrogen-bond acceptors (Lipinski definition) is 8. The molecular weight excluding hydrogens is 584 g/mol. The molecule has 0 unspecified atom stereocenters. The first-order chi connectivity index (χ1) is 21.5. The highest BCUT2D eigenvalue weighted by molar-refractivity contribution is 7.09. The number of nitrogens with zero attached hydrogens (tertiary/aromatic N) is 4. The Morgan fingerprint density at radius 1 is 0.978 bits per heavy atom. The van der Waals surface area contributed by atoms with Gasteiger partial charge in [-0.15, -0.1) is 11.3 Å². The van der Waals surface area contributed by atoms with Crippen molar-refractivity contribution in [3.8, 4) is 0 Å². The predicted octanol–water partition coefficient (Wildman–Crippen LogP) is 4.80. The molecule has 0 saturated carbocycles. The van der Waals surface area contributed by atoms with Crippen LogP contribution in [0.5, 0.6) is 0 Å². The molecule has 0 saturated heterocycles. The minimum Gasteiger partial charge on any atom is -0.390 e. The fourth-order valence-corrected chi connectivity index (χ4v) is 5.75. The minimum absolute atomic E-state index is 0.207. The molecule has 0 aliphatic heterocycles. The van der Waals surface area contributed by atoms with E-state index in [0.29, 0.717) is 36.6 Å². The molecule has 0 radical (unpaired) electrons. The first-order valence-corrected chi connectivity index (χ1v) is 16.0. The smallest absolute Gasteiger partial charge is 0.254 e. The van der Waals surface area contributed by atoms with Gasteiger partial charge in [-0.1, -0.05) is 50.2 Å². The number of rotatable bonds is 14. The summed E-state index contributed by atoms with van der Waals surface area (Å²) < 4.78 is 0. The molecule has 0 bridgehead atoms. The fourth-order valence-electron chi connectivity index (χ4n) is 4.92. The topological polar surface area (TPSA) is 111 Å². The second-order valence-corrected chi connectivity index (χ2v) is 12.9. The summed E-state index contributed by atoms with van der Waals surface area (Å²) in [5, 5.41) is 20.5. The third-order valence-electron chi connectivity index (χ3n) is 7.57. The molecular formula is C35H44N6O3S. The van der Waals surface area contributed by atoms with E-state index in [1.807, 2.05) is 74.0 Å². The molecule has 10 heteroatoms. The molecule has 2 aromatic carbocycles. The first kappa shape index (κ1) is 33.8. The van der Waals surface area contributed by atoms with Gasteiger partial charge in [-0.05, 0) is 54.2 Å². The summed E-state index contributed by atoms with van der Waals surface area (Å²) in [6, 6.07) is 16.5. The summed E-state index contributed by atoms with van der Waals surface area (Å²) in [5.74, 6) is -0.195. The van der Waals surface area contributed by atoms with Crippen LogP contribution in [0.2, 0.25) is 0 Å². The highest BCUT2D eigenvalue weighted by atomic mass is 32.1. The number of aliphatic hydroxyl groups is 1. The zero-order chi connectivity index (χ0) is 32.5. The van der Waals surface area contributed by atoms with Gasteiger partial charge in [-0.25, -0.2) is 4.98 Å². The Kier molecular flexibility index (Phi) is 11.8. The van der Waals surface area contributed by atoms with Gasteiger partial charge in [0.1, 0.15) is 5.01 Å². The molecule has 0 aliphatic rings. The highest BCUT2D eigenvalue weighted by Gasteiger charge is 2.24. The minimum atomic E-state index is -0.874. The number of thiazole rings is 1. The summed E-state index contributed by atoms with van der Waals surface area (Å²) in [5.41, 5.74) is 5.58. The Labute approximate surface area is 270 Å². The van der Waals surface area contributed by atoms with Gasteiger partial charge in [0.25, 0.3) is 11.8 Å². The van der Waals surface area contributed by atoms with Crippen LogP contribution < -0.4 is 15.5 Å². The molecule has 238 valence electrons. The Balaban J connectivity index is 1.51. The Morgan fingerprint density at radius 2 is 1.71 bits per heavy atom. The predicted molar refractivity (Wildman–Crippen MR) is 181 cm³/mol. The van der Waals surface area contributed by atoms with Crippen molar-refractivity contribution < 1.29 is 14.7 Å². The largest absolute Gasteiger partial charge is 0.390 e. The normalized spacial score (nSPS) is 12.5. The van der Waals surface area contributed by atoms with Crippen molar-refractivity contribution in [2.75, 3.05) is 32.6 Å². The van der Waals surface area contributed by atoms with Crippen LogP contribution in [0.4, 0.5) is 5.69 Å². The Hall–Kier alpha value is -4.12. The average Bonchev–Trinajstić information content (AvgIpc) is 3.44. The molecule has 0 fully saturated rings. The van der Waals surface area contributed by atoms with Crippen LogP contribution in [0.3, 0.4) is 0 Å². The van der Waals surface area contributed by atoms with Crippen LogP contribution in [0.25, 0.3) is 0 Å². The second-order valence-electron chi connectivity index (χ2n) is 12.0.